The molecule has 1 aliphatic rings. The van der Waals surface area contributed by atoms with Crippen LogP contribution in [-0.4, -0.2) is 32.3 Å². The van der Waals surface area contributed by atoms with E-state index in [-0.39, 0.29) is 6.10 Å². The van der Waals surface area contributed by atoms with Crippen LogP contribution in [-0.2, 0) is 7.05 Å². The molecular formula is C13H18N4O. The van der Waals surface area contributed by atoms with E-state index in [1.54, 1.807) is 12.5 Å². The molecule has 0 amide bonds. The molecule has 3 rings (SSSR count). The molecular weight excluding hydrogens is 228 g/mol. The molecule has 2 aromatic heterocycles. The lowest BCUT2D eigenvalue weighted by Gasteiger charge is -2.15. The second kappa shape index (κ2) is 4.57. The summed E-state index contributed by atoms with van der Waals surface area (Å²) in [6, 6.07) is 1.96. The minimum Gasteiger partial charge on any atom is -0.393 e. The highest BCUT2D eigenvalue weighted by Gasteiger charge is 2.25. The minimum atomic E-state index is -0.166. The van der Waals surface area contributed by atoms with Crippen LogP contribution in [0, 0.1) is 5.92 Å². The molecule has 2 atom stereocenters. The molecule has 1 fully saturated rings. The van der Waals surface area contributed by atoms with Crippen molar-refractivity contribution in [2.45, 2.75) is 25.4 Å². The Morgan fingerprint density at radius 1 is 1.44 bits per heavy atom. The average Bonchev–Trinajstić information content (AvgIpc) is 2.95. The number of aromatic nitrogens is 3. The molecule has 2 heterocycles. The van der Waals surface area contributed by atoms with E-state index >= 15 is 0 Å². The molecule has 1 aliphatic carbocycles. The first-order valence-corrected chi connectivity index (χ1v) is 6.43. The van der Waals surface area contributed by atoms with Gasteiger partial charge in [-0.1, -0.05) is 6.42 Å². The zero-order chi connectivity index (χ0) is 12.5. The highest BCUT2D eigenvalue weighted by Crippen LogP contribution is 2.26. The van der Waals surface area contributed by atoms with Gasteiger partial charge >= 0.3 is 0 Å². The number of rotatable bonds is 3. The van der Waals surface area contributed by atoms with Gasteiger partial charge in [0.15, 0.2) is 5.82 Å². The van der Waals surface area contributed by atoms with Gasteiger partial charge in [-0.3, -0.25) is 0 Å². The molecule has 2 aromatic rings. The maximum atomic E-state index is 9.80. The zero-order valence-electron chi connectivity index (χ0n) is 10.5. The van der Waals surface area contributed by atoms with Crippen molar-refractivity contribution >= 4 is 16.9 Å². The van der Waals surface area contributed by atoms with E-state index in [1.807, 2.05) is 17.7 Å². The molecule has 0 bridgehead atoms. The lowest BCUT2D eigenvalue weighted by atomic mass is 10.1. The number of hydrogen-bond acceptors (Lipinski definition) is 4. The fraction of sp³-hybridized carbons (Fsp3) is 0.538. The van der Waals surface area contributed by atoms with Gasteiger partial charge in [0.25, 0.3) is 0 Å². The number of pyridine rings is 1. The summed E-state index contributed by atoms with van der Waals surface area (Å²) in [6.45, 7) is 0.768. The van der Waals surface area contributed by atoms with Crippen LogP contribution in [0.1, 0.15) is 19.3 Å². The number of aliphatic hydroxyl groups is 1. The van der Waals surface area contributed by atoms with Crippen LogP contribution in [0.2, 0.25) is 0 Å². The molecule has 96 valence electrons. The molecule has 18 heavy (non-hydrogen) atoms. The molecule has 2 unspecified atom stereocenters. The van der Waals surface area contributed by atoms with Crippen LogP contribution in [0.25, 0.3) is 11.0 Å². The quantitative estimate of drug-likeness (QED) is 0.862. The van der Waals surface area contributed by atoms with Crippen molar-refractivity contribution < 1.29 is 5.11 Å². The van der Waals surface area contributed by atoms with E-state index in [0.717, 1.165) is 42.7 Å². The fourth-order valence-corrected chi connectivity index (χ4v) is 2.67. The zero-order valence-corrected chi connectivity index (χ0v) is 10.5. The molecule has 0 aromatic carbocycles. The maximum Gasteiger partial charge on any atom is 0.154 e. The van der Waals surface area contributed by atoms with Crippen LogP contribution in [0.5, 0.6) is 0 Å². The second-order valence-electron chi connectivity index (χ2n) is 5.02. The molecule has 1 saturated carbocycles. The number of nitrogens with zero attached hydrogens (tertiary/aromatic N) is 3. The number of aryl methyl sites for hydroxylation is 1. The summed E-state index contributed by atoms with van der Waals surface area (Å²) >= 11 is 0. The standard InChI is InChI=1S/C13H18N4O/c1-17-8-16-12-10(17)5-6-14-13(12)15-7-9-3-2-4-11(9)18/h5-6,8-9,11,18H,2-4,7H2,1H3,(H,14,15). The molecule has 0 radical (unpaired) electrons. The molecule has 5 heteroatoms. The van der Waals surface area contributed by atoms with Gasteiger partial charge in [-0.15, -0.1) is 0 Å². The average molecular weight is 246 g/mol. The highest BCUT2D eigenvalue weighted by atomic mass is 16.3. The Hall–Kier alpha value is -1.62. The van der Waals surface area contributed by atoms with Gasteiger partial charge in [-0.25, -0.2) is 9.97 Å². The van der Waals surface area contributed by atoms with E-state index in [2.05, 4.69) is 15.3 Å². The van der Waals surface area contributed by atoms with Gasteiger partial charge in [-0.2, -0.15) is 0 Å². The smallest absolute Gasteiger partial charge is 0.154 e. The topological polar surface area (TPSA) is 63.0 Å². The summed E-state index contributed by atoms with van der Waals surface area (Å²) in [5.41, 5.74) is 1.96. The minimum absolute atomic E-state index is 0.166. The maximum absolute atomic E-state index is 9.80. The predicted octanol–water partition coefficient (Wildman–Crippen LogP) is 1.54. The van der Waals surface area contributed by atoms with Crippen molar-refractivity contribution in [1.29, 1.82) is 0 Å². The number of anilines is 1. The molecule has 2 N–H and O–H groups in total. The van der Waals surface area contributed by atoms with Crippen molar-refractivity contribution in [2.24, 2.45) is 13.0 Å². The molecule has 0 spiro atoms. The number of hydrogen-bond donors (Lipinski definition) is 2. The Kier molecular flexibility index (Phi) is 2.91. The van der Waals surface area contributed by atoms with Gasteiger partial charge in [0.2, 0.25) is 0 Å². The summed E-state index contributed by atoms with van der Waals surface area (Å²) in [4.78, 5) is 8.70. The summed E-state index contributed by atoms with van der Waals surface area (Å²) in [5, 5.41) is 13.1. The monoisotopic (exact) mass is 246 g/mol. The van der Waals surface area contributed by atoms with Crippen molar-refractivity contribution in [3.05, 3.63) is 18.6 Å². The molecule has 5 nitrogen and oxygen atoms in total. The first-order valence-electron chi connectivity index (χ1n) is 6.43. The Bertz CT molecular complexity index is 551. The lowest BCUT2D eigenvalue weighted by molar-refractivity contribution is 0.138. The Morgan fingerprint density at radius 2 is 2.33 bits per heavy atom. The van der Waals surface area contributed by atoms with E-state index in [9.17, 15) is 5.11 Å². The largest absolute Gasteiger partial charge is 0.393 e. The summed E-state index contributed by atoms with van der Waals surface area (Å²) in [6.07, 6.45) is 6.55. The van der Waals surface area contributed by atoms with E-state index < -0.39 is 0 Å². The molecule has 0 saturated heterocycles. The third-order valence-electron chi connectivity index (χ3n) is 3.79. The van der Waals surface area contributed by atoms with Crippen LogP contribution >= 0.6 is 0 Å². The normalized spacial score (nSPS) is 23.7. The fourth-order valence-electron chi connectivity index (χ4n) is 2.67. The van der Waals surface area contributed by atoms with Crippen molar-refractivity contribution in [3.8, 4) is 0 Å². The predicted molar refractivity (Wildman–Crippen MR) is 70.3 cm³/mol. The SMILES string of the molecule is Cn1cnc2c(NCC3CCCC3O)nccc21. The van der Waals surface area contributed by atoms with Gasteiger partial charge < -0.3 is 15.0 Å². The van der Waals surface area contributed by atoms with Crippen LogP contribution in [0.3, 0.4) is 0 Å². The van der Waals surface area contributed by atoms with E-state index in [1.165, 1.54) is 0 Å². The van der Waals surface area contributed by atoms with Gasteiger partial charge in [0.05, 0.1) is 17.9 Å². The number of fused-ring (bicyclic) bond motifs is 1. The Labute approximate surface area is 106 Å². The Balaban J connectivity index is 1.78. The van der Waals surface area contributed by atoms with E-state index in [4.69, 9.17) is 0 Å². The van der Waals surface area contributed by atoms with Crippen molar-refractivity contribution in [1.82, 2.24) is 14.5 Å². The summed E-state index contributed by atoms with van der Waals surface area (Å²) in [7, 11) is 1.97. The molecule has 0 aliphatic heterocycles. The lowest BCUT2D eigenvalue weighted by Crippen LogP contribution is -2.22. The summed E-state index contributed by atoms with van der Waals surface area (Å²) in [5.74, 6) is 1.15. The number of aliphatic hydroxyl groups excluding tert-OH is 1. The first kappa shape index (κ1) is 11.5. The van der Waals surface area contributed by atoms with Gasteiger partial charge in [0.1, 0.15) is 5.52 Å². The van der Waals surface area contributed by atoms with Crippen LogP contribution < -0.4 is 5.32 Å². The first-order chi connectivity index (χ1) is 8.75. The van der Waals surface area contributed by atoms with Gasteiger partial charge in [0, 0.05) is 25.7 Å². The third-order valence-corrected chi connectivity index (χ3v) is 3.79. The highest BCUT2D eigenvalue weighted by molar-refractivity contribution is 5.85. The van der Waals surface area contributed by atoms with Crippen LogP contribution in [0.15, 0.2) is 18.6 Å². The van der Waals surface area contributed by atoms with Crippen molar-refractivity contribution in [3.63, 3.8) is 0 Å². The number of imidazole rings is 1. The number of nitrogens with one attached hydrogen (secondary N) is 1. The Morgan fingerprint density at radius 3 is 3.11 bits per heavy atom. The second-order valence-corrected chi connectivity index (χ2v) is 5.02. The van der Waals surface area contributed by atoms with Crippen molar-refractivity contribution in [2.75, 3.05) is 11.9 Å². The third kappa shape index (κ3) is 1.95. The van der Waals surface area contributed by atoms with Crippen LogP contribution in [0.4, 0.5) is 5.82 Å². The van der Waals surface area contributed by atoms with E-state index in [0.29, 0.717) is 5.92 Å². The summed E-state index contributed by atoms with van der Waals surface area (Å²) < 4.78 is 1.98. The van der Waals surface area contributed by atoms with Gasteiger partial charge in [-0.05, 0) is 18.9 Å².